The zero-order chi connectivity index (χ0) is 13.3. The fourth-order valence-corrected chi connectivity index (χ4v) is 2.41. The number of rotatable bonds is 3. The van der Waals surface area contributed by atoms with Crippen molar-refractivity contribution in [3.63, 3.8) is 0 Å². The summed E-state index contributed by atoms with van der Waals surface area (Å²) in [6.45, 7) is 0.267. The molecule has 0 spiro atoms. The van der Waals surface area contributed by atoms with E-state index in [1.165, 1.54) is 7.11 Å². The van der Waals surface area contributed by atoms with Crippen LogP contribution in [0.2, 0.25) is 0 Å². The SMILES string of the molecule is COCc1nc(C2CCC(F)(F)C2)nc(N)c1Br. The smallest absolute Gasteiger partial charge is 0.248 e. The van der Waals surface area contributed by atoms with Crippen LogP contribution in [-0.2, 0) is 11.3 Å². The maximum atomic E-state index is 13.2. The summed E-state index contributed by atoms with van der Waals surface area (Å²) in [6, 6.07) is 0. The predicted octanol–water partition coefficient (Wildman–Crippen LogP) is 2.87. The zero-order valence-electron chi connectivity index (χ0n) is 9.92. The molecule has 1 aromatic heterocycles. The van der Waals surface area contributed by atoms with Crippen molar-refractivity contribution >= 4 is 21.7 Å². The van der Waals surface area contributed by atoms with Gasteiger partial charge in [-0.05, 0) is 22.4 Å². The molecule has 1 heterocycles. The molecule has 1 aliphatic rings. The van der Waals surface area contributed by atoms with Gasteiger partial charge in [-0.25, -0.2) is 18.7 Å². The Hall–Kier alpha value is -0.820. The van der Waals surface area contributed by atoms with Crippen LogP contribution >= 0.6 is 15.9 Å². The molecule has 7 heteroatoms. The Morgan fingerprint density at radius 1 is 1.50 bits per heavy atom. The monoisotopic (exact) mass is 321 g/mol. The average molecular weight is 322 g/mol. The van der Waals surface area contributed by atoms with E-state index >= 15 is 0 Å². The van der Waals surface area contributed by atoms with Gasteiger partial charge in [-0.3, -0.25) is 0 Å². The Morgan fingerprint density at radius 2 is 2.22 bits per heavy atom. The van der Waals surface area contributed by atoms with Crippen molar-refractivity contribution in [2.45, 2.75) is 37.7 Å². The van der Waals surface area contributed by atoms with E-state index in [4.69, 9.17) is 10.5 Å². The normalized spacial score (nSPS) is 22.3. The first kappa shape index (κ1) is 13.6. The lowest BCUT2D eigenvalue weighted by atomic mass is 10.1. The largest absolute Gasteiger partial charge is 0.383 e. The minimum absolute atomic E-state index is 0.114. The lowest BCUT2D eigenvalue weighted by Crippen LogP contribution is -2.12. The molecule has 1 saturated carbocycles. The topological polar surface area (TPSA) is 61.0 Å². The minimum Gasteiger partial charge on any atom is -0.383 e. The van der Waals surface area contributed by atoms with Gasteiger partial charge in [0.2, 0.25) is 5.92 Å². The van der Waals surface area contributed by atoms with Crippen molar-refractivity contribution < 1.29 is 13.5 Å². The van der Waals surface area contributed by atoms with Gasteiger partial charge in [-0.1, -0.05) is 0 Å². The highest BCUT2D eigenvalue weighted by Crippen LogP contribution is 2.43. The van der Waals surface area contributed by atoms with Gasteiger partial charge < -0.3 is 10.5 Å². The van der Waals surface area contributed by atoms with Gasteiger partial charge >= 0.3 is 0 Å². The van der Waals surface area contributed by atoms with Crippen LogP contribution in [0, 0.1) is 0 Å². The van der Waals surface area contributed by atoms with Crippen molar-refractivity contribution in [2.24, 2.45) is 0 Å². The van der Waals surface area contributed by atoms with Gasteiger partial charge in [-0.2, -0.15) is 0 Å². The van der Waals surface area contributed by atoms with Crippen molar-refractivity contribution in [1.29, 1.82) is 0 Å². The number of alkyl halides is 2. The molecule has 0 aromatic carbocycles. The second kappa shape index (κ2) is 5.05. The van der Waals surface area contributed by atoms with Crippen LogP contribution in [-0.4, -0.2) is 23.0 Å². The summed E-state index contributed by atoms with van der Waals surface area (Å²) in [5.41, 5.74) is 6.34. The predicted molar refractivity (Wildman–Crippen MR) is 66.4 cm³/mol. The molecule has 1 unspecified atom stereocenters. The summed E-state index contributed by atoms with van der Waals surface area (Å²) in [4.78, 5) is 8.37. The van der Waals surface area contributed by atoms with E-state index < -0.39 is 5.92 Å². The lowest BCUT2D eigenvalue weighted by Gasteiger charge is -2.13. The van der Waals surface area contributed by atoms with E-state index in [9.17, 15) is 8.78 Å². The molecule has 18 heavy (non-hydrogen) atoms. The molecule has 0 radical (unpaired) electrons. The standard InChI is InChI=1S/C11H14BrF2N3O/c1-18-5-7-8(12)9(15)17-10(16-7)6-2-3-11(13,14)4-6/h6H,2-5H2,1H3,(H2,15,16,17). The van der Waals surface area contributed by atoms with E-state index in [-0.39, 0.29) is 31.2 Å². The number of hydrogen-bond acceptors (Lipinski definition) is 4. The third kappa shape index (κ3) is 2.77. The first-order valence-corrected chi connectivity index (χ1v) is 6.41. The van der Waals surface area contributed by atoms with E-state index in [0.29, 0.717) is 22.4 Å². The first-order chi connectivity index (χ1) is 8.43. The van der Waals surface area contributed by atoms with Gasteiger partial charge in [-0.15, -0.1) is 0 Å². The van der Waals surface area contributed by atoms with E-state index in [1.807, 2.05) is 0 Å². The Labute approximate surface area is 112 Å². The molecular formula is C11H14BrF2N3O. The number of nitrogens with two attached hydrogens (primary N) is 1. The summed E-state index contributed by atoms with van der Waals surface area (Å²) < 4.78 is 31.9. The van der Waals surface area contributed by atoms with E-state index in [2.05, 4.69) is 25.9 Å². The third-order valence-electron chi connectivity index (χ3n) is 3.01. The van der Waals surface area contributed by atoms with Gasteiger partial charge in [0.05, 0.1) is 16.8 Å². The molecule has 100 valence electrons. The summed E-state index contributed by atoms with van der Waals surface area (Å²) in [5.74, 6) is -2.29. The minimum atomic E-state index is -2.61. The van der Waals surface area contributed by atoms with Crippen molar-refractivity contribution in [1.82, 2.24) is 9.97 Å². The highest BCUT2D eigenvalue weighted by atomic mass is 79.9. The third-order valence-corrected chi connectivity index (χ3v) is 3.88. The molecule has 1 aromatic rings. The number of ether oxygens (including phenoxy) is 1. The summed E-state index contributed by atoms with van der Waals surface area (Å²) in [6.07, 6.45) is 0.0671. The number of anilines is 1. The van der Waals surface area contributed by atoms with Crippen LogP contribution in [0.15, 0.2) is 4.47 Å². The van der Waals surface area contributed by atoms with Crippen LogP contribution in [0.5, 0.6) is 0 Å². The lowest BCUT2D eigenvalue weighted by molar-refractivity contribution is 0.00752. The van der Waals surface area contributed by atoms with Crippen molar-refractivity contribution in [2.75, 3.05) is 12.8 Å². The molecule has 1 fully saturated rings. The number of methoxy groups -OCH3 is 1. The van der Waals surface area contributed by atoms with Crippen molar-refractivity contribution in [3.05, 3.63) is 16.0 Å². The summed E-state index contributed by atoms with van der Waals surface area (Å²) in [7, 11) is 1.54. The Morgan fingerprint density at radius 3 is 2.78 bits per heavy atom. The number of hydrogen-bond donors (Lipinski definition) is 1. The number of halogens is 3. The quantitative estimate of drug-likeness (QED) is 0.929. The molecule has 0 saturated heterocycles. The second-order valence-electron chi connectivity index (χ2n) is 4.46. The fraction of sp³-hybridized carbons (Fsp3) is 0.636. The average Bonchev–Trinajstić information content (AvgIpc) is 2.65. The van der Waals surface area contributed by atoms with Gasteiger partial charge in [0.15, 0.2) is 0 Å². The second-order valence-corrected chi connectivity index (χ2v) is 5.25. The fourth-order valence-electron chi connectivity index (χ4n) is 2.12. The molecule has 4 nitrogen and oxygen atoms in total. The van der Waals surface area contributed by atoms with Crippen molar-refractivity contribution in [3.8, 4) is 0 Å². The number of nitrogens with zero attached hydrogens (tertiary/aromatic N) is 2. The maximum absolute atomic E-state index is 13.2. The van der Waals surface area contributed by atoms with Crippen LogP contribution in [0.1, 0.15) is 36.7 Å². The van der Waals surface area contributed by atoms with Crippen LogP contribution in [0.3, 0.4) is 0 Å². The summed E-state index contributed by atoms with van der Waals surface area (Å²) in [5, 5.41) is 0. The zero-order valence-corrected chi connectivity index (χ0v) is 11.5. The first-order valence-electron chi connectivity index (χ1n) is 5.61. The van der Waals surface area contributed by atoms with Crippen LogP contribution < -0.4 is 5.73 Å². The van der Waals surface area contributed by atoms with Gasteiger partial charge in [0.1, 0.15) is 11.6 Å². The van der Waals surface area contributed by atoms with E-state index in [0.717, 1.165) is 0 Å². The molecular weight excluding hydrogens is 308 g/mol. The highest BCUT2D eigenvalue weighted by molar-refractivity contribution is 9.10. The summed E-state index contributed by atoms with van der Waals surface area (Å²) >= 11 is 3.27. The molecule has 0 bridgehead atoms. The van der Waals surface area contributed by atoms with Gasteiger partial charge in [0, 0.05) is 25.9 Å². The van der Waals surface area contributed by atoms with Gasteiger partial charge in [0.25, 0.3) is 0 Å². The molecule has 2 rings (SSSR count). The Balaban J connectivity index is 2.29. The van der Waals surface area contributed by atoms with Crippen LogP contribution in [0.25, 0.3) is 0 Å². The highest BCUT2D eigenvalue weighted by Gasteiger charge is 2.41. The molecule has 1 atom stereocenters. The molecule has 1 aliphatic carbocycles. The van der Waals surface area contributed by atoms with E-state index in [1.54, 1.807) is 0 Å². The molecule has 2 N–H and O–H groups in total. The Bertz CT molecular complexity index is 456. The van der Waals surface area contributed by atoms with Crippen LogP contribution in [0.4, 0.5) is 14.6 Å². The maximum Gasteiger partial charge on any atom is 0.248 e. The number of aromatic nitrogens is 2. The molecule has 0 aliphatic heterocycles. The Kier molecular flexibility index (Phi) is 3.82. The molecule has 0 amide bonds. The number of nitrogen functional groups attached to an aromatic ring is 1.